The molecule has 1 aromatic heterocycles. The average molecular weight is 295 g/mol. The summed E-state index contributed by atoms with van der Waals surface area (Å²) < 4.78 is 39.1. The van der Waals surface area contributed by atoms with Gasteiger partial charge in [0, 0.05) is 12.7 Å². The predicted octanol–water partition coefficient (Wildman–Crippen LogP) is 1.32. The molecule has 1 heterocycles. The maximum atomic E-state index is 12.7. The van der Waals surface area contributed by atoms with Crippen LogP contribution >= 0.6 is 0 Å². The molecular weight excluding hydrogens is 281 g/mol. The van der Waals surface area contributed by atoms with Gasteiger partial charge in [0.1, 0.15) is 5.82 Å². The second kappa shape index (κ2) is 5.98. The fourth-order valence-electron chi connectivity index (χ4n) is 1.68. The van der Waals surface area contributed by atoms with E-state index in [0.29, 0.717) is 6.42 Å². The Morgan fingerprint density at radius 2 is 1.90 bits per heavy atom. The van der Waals surface area contributed by atoms with Crippen LogP contribution in [-0.4, -0.2) is 19.9 Å². The Hall–Kier alpha value is -1.99. The smallest absolute Gasteiger partial charge is 0.260 e. The number of benzene rings is 1. The van der Waals surface area contributed by atoms with Gasteiger partial charge in [-0.3, -0.25) is 0 Å². The average Bonchev–Trinajstić information content (AvgIpc) is 2.41. The Bertz CT molecular complexity index is 687. The lowest BCUT2D eigenvalue weighted by atomic mass is 10.1. The first-order valence-electron chi connectivity index (χ1n) is 5.93. The summed E-state index contributed by atoms with van der Waals surface area (Å²) in [6.45, 7) is 0.185. The van der Waals surface area contributed by atoms with Crippen molar-refractivity contribution in [3.8, 4) is 0 Å². The van der Waals surface area contributed by atoms with Gasteiger partial charge in [-0.05, 0) is 36.2 Å². The summed E-state index contributed by atoms with van der Waals surface area (Å²) >= 11 is 0. The van der Waals surface area contributed by atoms with Gasteiger partial charge in [0.25, 0.3) is 10.0 Å². The van der Waals surface area contributed by atoms with Gasteiger partial charge in [0.15, 0.2) is 5.03 Å². The van der Waals surface area contributed by atoms with E-state index in [-0.39, 0.29) is 23.1 Å². The van der Waals surface area contributed by atoms with Crippen LogP contribution in [0.15, 0.2) is 47.6 Å². The lowest BCUT2D eigenvalue weighted by Gasteiger charge is -2.07. The molecule has 7 heteroatoms. The molecule has 2 aromatic rings. The van der Waals surface area contributed by atoms with E-state index in [1.807, 2.05) is 0 Å². The van der Waals surface area contributed by atoms with Crippen LogP contribution in [0.1, 0.15) is 5.56 Å². The largest absolute Gasteiger partial charge is 0.396 e. The minimum atomic E-state index is -3.73. The van der Waals surface area contributed by atoms with Crippen LogP contribution in [-0.2, 0) is 16.4 Å². The number of anilines is 1. The first-order chi connectivity index (χ1) is 9.49. The fourth-order valence-corrected chi connectivity index (χ4v) is 2.76. The molecule has 106 valence electrons. The van der Waals surface area contributed by atoms with Gasteiger partial charge < -0.3 is 5.73 Å². The third kappa shape index (κ3) is 3.52. The standard InChI is InChI=1S/C13H14FN3O2S/c14-11-5-3-10(4-6-11)7-9-17-20(18,19)13-12(15)2-1-8-16-13/h1-6,8,17H,7,9,15H2. The highest BCUT2D eigenvalue weighted by Gasteiger charge is 2.17. The maximum absolute atomic E-state index is 12.7. The number of nitrogens with zero attached hydrogens (tertiary/aromatic N) is 1. The van der Waals surface area contributed by atoms with Gasteiger partial charge in [-0.1, -0.05) is 12.1 Å². The van der Waals surface area contributed by atoms with Crippen LogP contribution in [0.5, 0.6) is 0 Å². The highest BCUT2D eigenvalue weighted by Crippen LogP contribution is 2.13. The molecule has 0 fully saturated rings. The van der Waals surface area contributed by atoms with Crippen LogP contribution in [0.2, 0.25) is 0 Å². The number of halogens is 1. The topological polar surface area (TPSA) is 85.1 Å². The van der Waals surface area contributed by atoms with Crippen molar-refractivity contribution in [3.05, 3.63) is 54.0 Å². The molecule has 2 rings (SSSR count). The lowest BCUT2D eigenvalue weighted by molar-refractivity contribution is 0.578. The Labute approximate surface area is 116 Å². The summed E-state index contributed by atoms with van der Waals surface area (Å²) in [6, 6.07) is 8.92. The Morgan fingerprint density at radius 3 is 2.55 bits per heavy atom. The highest BCUT2D eigenvalue weighted by molar-refractivity contribution is 7.89. The van der Waals surface area contributed by atoms with Crippen LogP contribution in [0.4, 0.5) is 10.1 Å². The van der Waals surface area contributed by atoms with E-state index in [1.165, 1.54) is 24.4 Å². The van der Waals surface area contributed by atoms with E-state index in [2.05, 4.69) is 9.71 Å². The molecule has 0 aliphatic rings. The summed E-state index contributed by atoms with van der Waals surface area (Å²) in [5.41, 5.74) is 6.52. The molecule has 0 saturated carbocycles. The predicted molar refractivity (Wildman–Crippen MR) is 73.9 cm³/mol. The van der Waals surface area contributed by atoms with Crippen LogP contribution in [0, 0.1) is 5.82 Å². The number of rotatable bonds is 5. The van der Waals surface area contributed by atoms with E-state index in [9.17, 15) is 12.8 Å². The molecule has 0 saturated heterocycles. The minimum absolute atomic E-state index is 0.0989. The Kier molecular flexibility index (Phi) is 4.31. The molecular formula is C13H14FN3O2S. The number of pyridine rings is 1. The molecule has 0 atom stereocenters. The van der Waals surface area contributed by atoms with E-state index in [0.717, 1.165) is 5.56 Å². The third-order valence-corrected chi connectivity index (χ3v) is 4.11. The van der Waals surface area contributed by atoms with Crippen molar-refractivity contribution in [3.63, 3.8) is 0 Å². The molecule has 0 aliphatic carbocycles. The molecule has 1 aromatic carbocycles. The van der Waals surface area contributed by atoms with Crippen molar-refractivity contribution in [2.45, 2.75) is 11.4 Å². The van der Waals surface area contributed by atoms with Crippen LogP contribution in [0.3, 0.4) is 0 Å². The van der Waals surface area contributed by atoms with Gasteiger partial charge in [0.05, 0.1) is 5.69 Å². The molecule has 0 bridgehead atoms. The number of nitrogens with two attached hydrogens (primary N) is 1. The van der Waals surface area contributed by atoms with Crippen molar-refractivity contribution < 1.29 is 12.8 Å². The van der Waals surface area contributed by atoms with Crippen molar-refractivity contribution >= 4 is 15.7 Å². The van der Waals surface area contributed by atoms with Gasteiger partial charge in [-0.25, -0.2) is 22.5 Å². The second-order valence-corrected chi connectivity index (χ2v) is 5.85. The quantitative estimate of drug-likeness (QED) is 0.871. The third-order valence-electron chi connectivity index (χ3n) is 2.67. The van der Waals surface area contributed by atoms with Crippen LogP contribution < -0.4 is 10.5 Å². The van der Waals surface area contributed by atoms with Crippen LogP contribution in [0.25, 0.3) is 0 Å². The zero-order valence-electron chi connectivity index (χ0n) is 10.6. The number of hydrogen-bond acceptors (Lipinski definition) is 4. The first kappa shape index (κ1) is 14.4. The Balaban J connectivity index is 2.00. The summed E-state index contributed by atoms with van der Waals surface area (Å²) in [5, 5.41) is -0.181. The summed E-state index contributed by atoms with van der Waals surface area (Å²) in [7, 11) is -3.73. The van der Waals surface area contributed by atoms with E-state index >= 15 is 0 Å². The normalized spacial score (nSPS) is 11.4. The molecule has 3 N–H and O–H groups in total. The molecule has 0 spiro atoms. The molecule has 0 radical (unpaired) electrons. The number of sulfonamides is 1. The van der Waals surface area contributed by atoms with Crippen molar-refractivity contribution in [2.75, 3.05) is 12.3 Å². The Morgan fingerprint density at radius 1 is 1.20 bits per heavy atom. The fraction of sp³-hybridized carbons (Fsp3) is 0.154. The first-order valence-corrected chi connectivity index (χ1v) is 7.42. The summed E-state index contributed by atoms with van der Waals surface area (Å²) in [6.07, 6.45) is 1.82. The van der Waals surface area contributed by atoms with Crippen molar-refractivity contribution in [1.29, 1.82) is 0 Å². The molecule has 0 unspecified atom stereocenters. The monoisotopic (exact) mass is 295 g/mol. The zero-order valence-corrected chi connectivity index (χ0v) is 11.4. The zero-order chi connectivity index (χ0) is 14.6. The maximum Gasteiger partial charge on any atom is 0.260 e. The van der Waals surface area contributed by atoms with E-state index < -0.39 is 10.0 Å². The van der Waals surface area contributed by atoms with E-state index in [1.54, 1.807) is 18.2 Å². The van der Waals surface area contributed by atoms with Crippen molar-refractivity contribution in [2.24, 2.45) is 0 Å². The molecule has 5 nitrogen and oxygen atoms in total. The number of hydrogen-bond donors (Lipinski definition) is 2. The van der Waals surface area contributed by atoms with Crippen molar-refractivity contribution in [1.82, 2.24) is 9.71 Å². The SMILES string of the molecule is Nc1cccnc1S(=O)(=O)NCCc1ccc(F)cc1. The summed E-state index contributed by atoms with van der Waals surface area (Å²) in [4.78, 5) is 3.76. The summed E-state index contributed by atoms with van der Waals surface area (Å²) in [5.74, 6) is -0.324. The number of aromatic nitrogens is 1. The lowest BCUT2D eigenvalue weighted by Crippen LogP contribution is -2.27. The van der Waals surface area contributed by atoms with Gasteiger partial charge in [-0.2, -0.15) is 0 Å². The number of nitrogen functional groups attached to an aromatic ring is 1. The molecule has 0 aliphatic heterocycles. The number of nitrogens with one attached hydrogen (secondary N) is 1. The van der Waals surface area contributed by atoms with E-state index in [4.69, 9.17) is 5.73 Å². The van der Waals surface area contributed by atoms with Gasteiger partial charge >= 0.3 is 0 Å². The molecule has 0 amide bonds. The minimum Gasteiger partial charge on any atom is -0.396 e. The second-order valence-electron chi connectivity index (χ2n) is 4.17. The highest BCUT2D eigenvalue weighted by atomic mass is 32.2. The molecule has 20 heavy (non-hydrogen) atoms. The van der Waals surface area contributed by atoms with Gasteiger partial charge in [0.2, 0.25) is 0 Å². The van der Waals surface area contributed by atoms with Gasteiger partial charge in [-0.15, -0.1) is 0 Å².